The highest BCUT2D eigenvalue weighted by Crippen LogP contribution is 2.38. The van der Waals surface area contributed by atoms with E-state index >= 15 is 0 Å². The maximum absolute atomic E-state index is 14.5. The molecule has 0 saturated heterocycles. The number of nitrogens with zero attached hydrogens (tertiary/aromatic N) is 2. The summed E-state index contributed by atoms with van der Waals surface area (Å²) in [5.41, 5.74) is 1.44. The number of alkyl halides is 2. The number of Topliss-reactive ketones (excluding diaryl/α,β-unsaturated/α-hetero) is 1. The van der Waals surface area contributed by atoms with E-state index in [4.69, 9.17) is 8.85 Å². The Bertz CT molecular complexity index is 1870. The molecule has 232 valence electrons. The second-order valence-electron chi connectivity index (χ2n) is 10.8. The van der Waals surface area contributed by atoms with Gasteiger partial charge in [0.05, 0.1) is 24.5 Å². The smallest absolute Gasteiger partial charge is 0.387 e. The van der Waals surface area contributed by atoms with Crippen LogP contribution in [0.25, 0.3) is 10.8 Å². The monoisotopic (exact) mass is 616 g/mol. The first kappa shape index (κ1) is 27.4. The van der Waals surface area contributed by atoms with Gasteiger partial charge in [-0.1, -0.05) is 68.4 Å². The van der Waals surface area contributed by atoms with Crippen molar-refractivity contribution in [2.75, 3.05) is 16.3 Å². The Balaban J connectivity index is 1.63. The van der Waals surface area contributed by atoms with E-state index in [0.717, 1.165) is 0 Å². The van der Waals surface area contributed by atoms with Gasteiger partial charge in [-0.15, -0.1) is 0 Å². The zero-order valence-electron chi connectivity index (χ0n) is 27.6. The van der Waals surface area contributed by atoms with Gasteiger partial charge in [-0.3, -0.25) is 19.2 Å². The molecule has 4 aromatic rings. The minimum atomic E-state index is -3.15. The lowest BCUT2D eigenvalue weighted by Gasteiger charge is -2.27. The van der Waals surface area contributed by atoms with Crippen molar-refractivity contribution < 1.29 is 36.8 Å². The van der Waals surface area contributed by atoms with E-state index in [1.807, 2.05) is 0 Å². The fourth-order valence-electron chi connectivity index (χ4n) is 5.30. The first-order valence-electron chi connectivity index (χ1n) is 15.8. The number of para-hydroxylation sites is 2. The molecule has 1 N–H and O–H groups in total. The fourth-order valence-corrected chi connectivity index (χ4v) is 5.30. The van der Waals surface area contributed by atoms with Gasteiger partial charge in [0.1, 0.15) is 11.8 Å². The number of fused-ring (bicyclic) bond motifs is 2. The number of ketones is 1. The molecule has 10 heteroatoms. The predicted molar refractivity (Wildman–Crippen MR) is 168 cm³/mol. The second kappa shape index (κ2) is 13.3. The topological polar surface area (TPSA) is 96.0 Å². The molecule has 0 unspecified atom stereocenters. The van der Waals surface area contributed by atoms with Crippen LogP contribution in [-0.4, -0.2) is 42.7 Å². The third kappa shape index (κ3) is 6.55. The molecule has 8 nitrogen and oxygen atoms in total. The quantitative estimate of drug-likeness (QED) is 0.221. The van der Waals surface area contributed by atoms with Crippen LogP contribution in [0.3, 0.4) is 0 Å². The van der Waals surface area contributed by atoms with Gasteiger partial charge >= 0.3 is 6.61 Å². The minimum absolute atomic E-state index is 0.149. The molecule has 1 aliphatic rings. The Labute approximate surface area is 263 Å². The number of benzene rings is 4. The predicted octanol–water partition coefficient (Wildman–Crippen LogP) is 6.37. The van der Waals surface area contributed by atoms with Gasteiger partial charge in [0.2, 0.25) is 5.91 Å². The largest absolute Gasteiger partial charge is 0.434 e. The van der Waals surface area contributed by atoms with E-state index in [9.17, 15) is 28.0 Å². The summed E-state index contributed by atoms with van der Waals surface area (Å²) in [6, 6.07) is 21.2. The average Bonchev–Trinajstić information content (AvgIpc) is 3.15. The molecule has 0 aliphatic carbocycles. The van der Waals surface area contributed by atoms with Crippen LogP contribution in [0.2, 0.25) is 0 Å². The van der Waals surface area contributed by atoms with Crippen LogP contribution in [0.15, 0.2) is 84.9 Å². The van der Waals surface area contributed by atoms with E-state index in [1.165, 1.54) is 54.0 Å². The van der Waals surface area contributed by atoms with Crippen molar-refractivity contribution >= 4 is 45.7 Å². The normalized spacial score (nSPS) is 16.7. The molecule has 0 fully saturated rings. The van der Waals surface area contributed by atoms with Crippen LogP contribution >= 0.6 is 0 Å². The summed E-state index contributed by atoms with van der Waals surface area (Å²) in [5.74, 6) is -3.24. The molecule has 45 heavy (non-hydrogen) atoms. The number of hydrogen-bond acceptors (Lipinski definition) is 5. The summed E-state index contributed by atoms with van der Waals surface area (Å²) >= 11 is 0. The van der Waals surface area contributed by atoms with Gasteiger partial charge in [-0.2, -0.15) is 8.78 Å². The van der Waals surface area contributed by atoms with Crippen molar-refractivity contribution in [1.82, 2.24) is 5.32 Å². The molecule has 0 saturated carbocycles. The first-order valence-corrected chi connectivity index (χ1v) is 14.3. The Hall–Kier alpha value is -5.12. The molecule has 1 heterocycles. The number of carbonyl (C=O) groups is 4. The summed E-state index contributed by atoms with van der Waals surface area (Å²) in [6.07, 6.45) is -0.445. The average molecular weight is 617 g/mol. The molecular weight excluding hydrogens is 580 g/mol. The molecule has 3 amide bonds. The highest BCUT2D eigenvalue weighted by Gasteiger charge is 2.38. The highest BCUT2D eigenvalue weighted by molar-refractivity contribution is 6.13. The summed E-state index contributed by atoms with van der Waals surface area (Å²) in [7, 11) is 0. The summed E-state index contributed by atoms with van der Waals surface area (Å²) in [5, 5.41) is 3.91. The number of amides is 3. The number of hydrogen-bond donors (Lipinski definition) is 1. The van der Waals surface area contributed by atoms with E-state index in [2.05, 4.69) is 5.32 Å². The van der Waals surface area contributed by atoms with Gasteiger partial charge in [-0.25, -0.2) is 0 Å². The number of halogens is 2. The third-order valence-electron chi connectivity index (χ3n) is 7.78. The molecule has 5 rings (SSSR count). The number of anilines is 2. The summed E-state index contributed by atoms with van der Waals surface area (Å²) in [6.45, 7) is -3.33. The van der Waals surface area contributed by atoms with Crippen LogP contribution in [0.4, 0.5) is 20.2 Å². The lowest BCUT2D eigenvalue weighted by molar-refractivity contribution is -0.129. The number of nitrogens with one attached hydrogen (secondary N) is 1. The maximum Gasteiger partial charge on any atom is 0.387 e. The van der Waals surface area contributed by atoms with Crippen LogP contribution in [0.1, 0.15) is 57.5 Å². The molecule has 4 aromatic carbocycles. The number of carbonyl (C=O) groups excluding carboxylic acids is 4. The third-order valence-corrected chi connectivity index (χ3v) is 7.78. The molecule has 1 aliphatic heterocycles. The van der Waals surface area contributed by atoms with Crippen molar-refractivity contribution in [3.8, 4) is 5.75 Å². The lowest BCUT2D eigenvalue weighted by Crippen LogP contribution is -2.53. The van der Waals surface area contributed by atoms with Gasteiger partial charge < -0.3 is 19.9 Å². The molecule has 0 bridgehead atoms. The summed E-state index contributed by atoms with van der Waals surface area (Å²) < 4.78 is 54.8. The van der Waals surface area contributed by atoms with E-state index in [0.29, 0.717) is 22.0 Å². The standard InChI is InChI=1S/C35H33F2N3O5/c1-4-21(2)32(42)38-28-20-40(33(43)25-15-13-23(14-16-25)22(3)41)30-12-8-7-11-29(30)39(34(28)44)19-27-26-10-6-5-9-24(26)17-18-31(27)45-35(36)37/h5-18,21,28,35H,4,19-20H2,1-3H3,(H,38,42)/t21-,28+/m1/s1/i1D3. The Kier molecular flexibility index (Phi) is 8.08. The summed E-state index contributed by atoms with van der Waals surface area (Å²) in [4.78, 5) is 56.4. The number of rotatable bonds is 9. The van der Waals surface area contributed by atoms with Crippen molar-refractivity contribution in [3.63, 3.8) is 0 Å². The Morgan fingerprint density at radius 1 is 0.956 bits per heavy atom. The van der Waals surface area contributed by atoms with Crippen LogP contribution in [-0.2, 0) is 16.1 Å². The number of ether oxygens (including phenoxy) is 1. The minimum Gasteiger partial charge on any atom is -0.434 e. The molecule has 0 aromatic heterocycles. The van der Waals surface area contributed by atoms with Crippen molar-refractivity contribution in [3.05, 3.63) is 102 Å². The van der Waals surface area contributed by atoms with E-state index in [1.54, 1.807) is 54.6 Å². The van der Waals surface area contributed by atoms with Crippen molar-refractivity contribution in [2.24, 2.45) is 5.92 Å². The van der Waals surface area contributed by atoms with Gasteiger partial charge in [0, 0.05) is 26.7 Å². The second-order valence-corrected chi connectivity index (χ2v) is 10.8. The maximum atomic E-state index is 14.5. The Morgan fingerprint density at radius 3 is 2.31 bits per heavy atom. The van der Waals surface area contributed by atoms with Crippen molar-refractivity contribution in [2.45, 2.75) is 46.3 Å². The van der Waals surface area contributed by atoms with Gasteiger partial charge in [0.25, 0.3) is 11.8 Å². The molecule has 0 radical (unpaired) electrons. The van der Waals surface area contributed by atoms with E-state index in [-0.39, 0.29) is 41.4 Å². The van der Waals surface area contributed by atoms with E-state index < -0.39 is 49.6 Å². The molecular formula is C35H33F2N3O5. The van der Waals surface area contributed by atoms with Crippen LogP contribution < -0.4 is 19.9 Å². The van der Waals surface area contributed by atoms with Crippen LogP contribution in [0.5, 0.6) is 5.75 Å². The van der Waals surface area contributed by atoms with Crippen molar-refractivity contribution in [1.29, 1.82) is 0 Å². The highest BCUT2D eigenvalue weighted by atomic mass is 19.3. The molecule has 2 atom stereocenters. The zero-order chi connectivity index (χ0) is 34.7. The Morgan fingerprint density at radius 2 is 1.62 bits per heavy atom. The van der Waals surface area contributed by atoms with Gasteiger partial charge in [0.15, 0.2) is 5.78 Å². The first-order chi connectivity index (χ1) is 22.7. The molecule has 0 spiro atoms. The van der Waals surface area contributed by atoms with Gasteiger partial charge in [-0.05, 0) is 54.4 Å². The zero-order valence-corrected chi connectivity index (χ0v) is 24.6. The fraction of sp³-hybridized carbons (Fsp3) is 0.257. The SMILES string of the molecule is [2H]C([2H])([2H])C[C@@H](C)C(=O)N[C@H]1CN(C(=O)c2ccc(C(C)=O)cc2)c2ccccc2N(Cc2c(OC(F)F)ccc3ccccc23)C1=O. The van der Waals surface area contributed by atoms with Crippen LogP contribution in [0, 0.1) is 5.92 Å². The lowest BCUT2D eigenvalue weighted by atomic mass is 10.0.